The van der Waals surface area contributed by atoms with Crippen LogP contribution in [0.3, 0.4) is 0 Å². The number of anilines is 1. The van der Waals surface area contributed by atoms with E-state index in [-0.39, 0.29) is 5.78 Å². The van der Waals surface area contributed by atoms with Gasteiger partial charge in [0.15, 0.2) is 0 Å². The van der Waals surface area contributed by atoms with E-state index in [4.69, 9.17) is 4.74 Å². The number of ether oxygens (including phenoxy) is 2. The van der Waals surface area contributed by atoms with Gasteiger partial charge in [0.2, 0.25) is 5.78 Å². The molecule has 0 aliphatic carbocycles. The standard InChI is InChI=1S/C19H22N2O5/c1-10-15(19(24)26-5)11(2)21-16(10)17(22)12(3)20-14-8-6-13(7-9-14)18(23)25-4/h6-9,12,20-21H,1-5H3/t12-/m0/s1. The van der Waals surface area contributed by atoms with E-state index in [1.54, 1.807) is 45.0 Å². The molecule has 0 aliphatic rings. The molecular weight excluding hydrogens is 336 g/mol. The molecule has 0 saturated heterocycles. The number of aryl methyl sites for hydroxylation is 1. The molecule has 2 rings (SSSR count). The summed E-state index contributed by atoms with van der Waals surface area (Å²) in [5.74, 6) is -1.08. The van der Waals surface area contributed by atoms with Crippen LogP contribution in [0.25, 0.3) is 0 Å². The monoisotopic (exact) mass is 358 g/mol. The van der Waals surface area contributed by atoms with E-state index in [1.807, 2.05) is 0 Å². The van der Waals surface area contributed by atoms with E-state index in [2.05, 4.69) is 15.0 Å². The van der Waals surface area contributed by atoms with Crippen LogP contribution < -0.4 is 5.32 Å². The molecule has 1 heterocycles. The molecule has 7 heteroatoms. The van der Waals surface area contributed by atoms with Gasteiger partial charge in [0, 0.05) is 11.4 Å². The minimum atomic E-state index is -0.541. The minimum absolute atomic E-state index is 0.183. The Morgan fingerprint density at radius 1 is 1.00 bits per heavy atom. The number of esters is 2. The van der Waals surface area contributed by atoms with E-state index >= 15 is 0 Å². The van der Waals surface area contributed by atoms with Crippen LogP contribution in [0, 0.1) is 13.8 Å². The second kappa shape index (κ2) is 7.86. The van der Waals surface area contributed by atoms with Crippen LogP contribution in [-0.2, 0) is 9.47 Å². The smallest absolute Gasteiger partial charge is 0.339 e. The number of methoxy groups -OCH3 is 2. The van der Waals surface area contributed by atoms with Gasteiger partial charge in [-0.25, -0.2) is 9.59 Å². The predicted molar refractivity (Wildman–Crippen MR) is 96.8 cm³/mol. The fourth-order valence-electron chi connectivity index (χ4n) is 2.76. The third kappa shape index (κ3) is 3.77. The van der Waals surface area contributed by atoms with Gasteiger partial charge in [-0.3, -0.25) is 4.79 Å². The first-order valence-electron chi connectivity index (χ1n) is 8.06. The Labute approximate surface area is 151 Å². The highest BCUT2D eigenvalue weighted by Gasteiger charge is 2.25. The largest absolute Gasteiger partial charge is 0.465 e. The Hall–Kier alpha value is -3.09. The predicted octanol–water partition coefficient (Wildman–Crippen LogP) is 2.89. The van der Waals surface area contributed by atoms with Crippen LogP contribution in [0.5, 0.6) is 0 Å². The molecule has 1 atom stereocenters. The Morgan fingerprint density at radius 2 is 1.58 bits per heavy atom. The molecule has 0 amide bonds. The lowest BCUT2D eigenvalue weighted by Gasteiger charge is -2.14. The summed E-state index contributed by atoms with van der Waals surface area (Å²) in [4.78, 5) is 39.0. The molecule has 1 aromatic heterocycles. The molecule has 26 heavy (non-hydrogen) atoms. The Bertz CT molecular complexity index is 836. The summed E-state index contributed by atoms with van der Waals surface area (Å²) < 4.78 is 9.42. The Balaban J connectivity index is 2.18. The van der Waals surface area contributed by atoms with Gasteiger partial charge in [-0.1, -0.05) is 0 Å². The maximum Gasteiger partial charge on any atom is 0.339 e. The summed E-state index contributed by atoms with van der Waals surface area (Å²) in [5.41, 5.74) is 3.02. The summed E-state index contributed by atoms with van der Waals surface area (Å²) in [5, 5.41) is 3.09. The SMILES string of the molecule is COC(=O)c1ccc(N[C@@H](C)C(=O)c2[nH]c(C)c(C(=O)OC)c2C)cc1. The van der Waals surface area contributed by atoms with Gasteiger partial charge in [-0.05, 0) is 50.6 Å². The number of rotatable bonds is 6. The normalized spacial score (nSPS) is 11.6. The average Bonchev–Trinajstić information content (AvgIpc) is 2.94. The van der Waals surface area contributed by atoms with Gasteiger partial charge in [-0.15, -0.1) is 0 Å². The molecule has 7 nitrogen and oxygen atoms in total. The Kier molecular flexibility index (Phi) is 5.82. The minimum Gasteiger partial charge on any atom is -0.465 e. The van der Waals surface area contributed by atoms with Crippen LogP contribution in [0.2, 0.25) is 0 Å². The highest BCUT2D eigenvalue weighted by Crippen LogP contribution is 2.21. The van der Waals surface area contributed by atoms with Crippen molar-refractivity contribution in [2.45, 2.75) is 26.8 Å². The summed E-state index contributed by atoms with van der Waals surface area (Å²) in [6.45, 7) is 5.16. The van der Waals surface area contributed by atoms with Gasteiger partial charge in [0.05, 0.1) is 37.1 Å². The van der Waals surface area contributed by atoms with Gasteiger partial charge in [-0.2, -0.15) is 0 Å². The molecular formula is C19H22N2O5. The molecule has 0 radical (unpaired) electrons. The molecule has 0 spiro atoms. The van der Waals surface area contributed by atoms with Crippen molar-refractivity contribution < 1.29 is 23.9 Å². The van der Waals surface area contributed by atoms with Gasteiger partial charge < -0.3 is 19.8 Å². The van der Waals surface area contributed by atoms with Gasteiger partial charge in [0.25, 0.3) is 0 Å². The lowest BCUT2D eigenvalue weighted by molar-refractivity contribution is 0.0591. The second-order valence-corrected chi connectivity index (χ2v) is 5.92. The van der Waals surface area contributed by atoms with Crippen molar-refractivity contribution >= 4 is 23.4 Å². The van der Waals surface area contributed by atoms with E-state index in [9.17, 15) is 14.4 Å². The topological polar surface area (TPSA) is 97.5 Å². The summed E-state index contributed by atoms with van der Waals surface area (Å²) >= 11 is 0. The zero-order chi connectivity index (χ0) is 19.4. The second-order valence-electron chi connectivity index (χ2n) is 5.92. The van der Waals surface area contributed by atoms with Gasteiger partial charge in [0.1, 0.15) is 0 Å². The number of hydrogen-bond acceptors (Lipinski definition) is 6. The number of carbonyl (C=O) groups excluding carboxylic acids is 3. The number of hydrogen-bond donors (Lipinski definition) is 2. The fourth-order valence-corrected chi connectivity index (χ4v) is 2.76. The van der Waals surface area contributed by atoms with Crippen LogP contribution in [0.4, 0.5) is 5.69 Å². The Morgan fingerprint density at radius 3 is 2.12 bits per heavy atom. The van der Waals surface area contributed by atoms with Crippen molar-refractivity contribution in [1.82, 2.24) is 4.98 Å². The zero-order valence-corrected chi connectivity index (χ0v) is 15.4. The van der Waals surface area contributed by atoms with E-state index in [0.29, 0.717) is 33.8 Å². The van der Waals surface area contributed by atoms with Crippen LogP contribution in [0.15, 0.2) is 24.3 Å². The third-order valence-electron chi connectivity index (χ3n) is 4.16. The van der Waals surface area contributed by atoms with Crippen molar-refractivity contribution in [3.63, 3.8) is 0 Å². The van der Waals surface area contributed by atoms with Crippen molar-refractivity contribution in [2.24, 2.45) is 0 Å². The highest BCUT2D eigenvalue weighted by molar-refractivity contribution is 6.04. The van der Waals surface area contributed by atoms with Crippen molar-refractivity contribution in [2.75, 3.05) is 19.5 Å². The molecule has 0 aliphatic heterocycles. The number of nitrogens with one attached hydrogen (secondary N) is 2. The summed E-state index contributed by atoms with van der Waals surface area (Å²) in [6.07, 6.45) is 0. The number of H-pyrrole nitrogens is 1. The molecule has 0 unspecified atom stereocenters. The zero-order valence-electron chi connectivity index (χ0n) is 15.4. The molecule has 1 aromatic carbocycles. The van der Waals surface area contributed by atoms with Crippen LogP contribution >= 0.6 is 0 Å². The first kappa shape index (κ1) is 19.2. The first-order chi connectivity index (χ1) is 12.3. The number of aromatic nitrogens is 1. The van der Waals surface area contributed by atoms with Crippen LogP contribution in [0.1, 0.15) is 49.4 Å². The molecule has 0 bridgehead atoms. The lowest BCUT2D eigenvalue weighted by atomic mass is 10.0. The van der Waals surface area contributed by atoms with E-state index in [1.165, 1.54) is 14.2 Å². The van der Waals surface area contributed by atoms with Crippen molar-refractivity contribution in [3.8, 4) is 0 Å². The maximum absolute atomic E-state index is 12.7. The molecule has 0 saturated carbocycles. The number of benzene rings is 1. The van der Waals surface area contributed by atoms with Crippen LogP contribution in [-0.4, -0.2) is 43.0 Å². The molecule has 2 N–H and O–H groups in total. The maximum atomic E-state index is 12.7. The van der Waals surface area contributed by atoms with E-state index in [0.717, 1.165) is 0 Å². The molecule has 138 valence electrons. The lowest BCUT2D eigenvalue weighted by Crippen LogP contribution is -2.27. The number of carbonyl (C=O) groups is 3. The number of Topliss-reactive ketones (excluding diaryl/α,β-unsaturated/α-hetero) is 1. The molecule has 0 fully saturated rings. The first-order valence-corrected chi connectivity index (χ1v) is 8.06. The number of aromatic amines is 1. The van der Waals surface area contributed by atoms with Crippen molar-refractivity contribution in [3.05, 3.63) is 52.3 Å². The quantitative estimate of drug-likeness (QED) is 0.609. The van der Waals surface area contributed by atoms with Crippen molar-refractivity contribution in [1.29, 1.82) is 0 Å². The third-order valence-corrected chi connectivity index (χ3v) is 4.16. The summed E-state index contributed by atoms with van der Waals surface area (Å²) in [6, 6.07) is 6.09. The summed E-state index contributed by atoms with van der Waals surface area (Å²) in [7, 11) is 2.62. The fraction of sp³-hybridized carbons (Fsp3) is 0.316. The van der Waals surface area contributed by atoms with E-state index < -0.39 is 18.0 Å². The number of ketones is 1. The average molecular weight is 358 g/mol. The highest BCUT2D eigenvalue weighted by atomic mass is 16.5. The molecule has 2 aromatic rings. The van der Waals surface area contributed by atoms with Gasteiger partial charge >= 0.3 is 11.9 Å².